The van der Waals surface area contributed by atoms with Crippen molar-refractivity contribution >= 4 is 6.79 Å². The summed E-state index contributed by atoms with van der Waals surface area (Å²) < 4.78 is 0. The monoisotopic (exact) mass is 195 g/mol. The van der Waals surface area contributed by atoms with E-state index in [2.05, 4.69) is 12.9 Å². The molecule has 1 aromatic rings. The number of hydrogen-bond acceptors (Lipinski definition) is 1. The van der Waals surface area contributed by atoms with Gasteiger partial charge in [-0.2, -0.15) is 36.4 Å². The maximum absolute atomic E-state index is 7.75. The molecular weight excluding hydrogens is 189 g/mol. The third kappa shape index (κ3) is 7.99. The summed E-state index contributed by atoms with van der Waals surface area (Å²) in [4.78, 5) is 7.75. The first-order valence-corrected chi connectivity index (χ1v) is 2.15. The van der Waals surface area contributed by atoms with Crippen molar-refractivity contribution in [2.24, 2.45) is 0 Å². The van der Waals surface area contributed by atoms with Crippen molar-refractivity contribution < 1.29 is 37.5 Å². The molecular formula is C7H6OY-2. The van der Waals surface area contributed by atoms with Crippen LogP contribution in [0.4, 0.5) is 0 Å². The molecule has 0 atom stereocenters. The zero-order valence-electron chi connectivity index (χ0n) is 4.95. The summed E-state index contributed by atoms with van der Waals surface area (Å²) in [6, 6.07) is 12.5. The number of carbonyl (C=O) groups excluding carboxylic acids is 1. The Hall–Kier alpha value is -0.00610. The van der Waals surface area contributed by atoms with Gasteiger partial charge in [0.05, 0.1) is 0 Å². The Morgan fingerprint density at radius 2 is 1.44 bits per heavy atom. The van der Waals surface area contributed by atoms with E-state index in [4.69, 9.17) is 4.79 Å². The van der Waals surface area contributed by atoms with Crippen LogP contribution in [0.15, 0.2) is 30.3 Å². The van der Waals surface area contributed by atoms with Gasteiger partial charge in [-0.15, -0.1) is 0 Å². The minimum Gasteiger partial charge on any atom is -0.545 e. The van der Waals surface area contributed by atoms with Crippen molar-refractivity contribution in [1.29, 1.82) is 0 Å². The van der Waals surface area contributed by atoms with Crippen molar-refractivity contribution in [3.05, 3.63) is 36.4 Å². The first kappa shape index (κ1) is 11.7. The normalized spacial score (nSPS) is 5.78. The Kier molecular flexibility index (Phi) is 14.2. The van der Waals surface area contributed by atoms with Gasteiger partial charge < -0.3 is 4.79 Å². The molecule has 0 unspecified atom stereocenters. The molecule has 1 rings (SSSR count). The fraction of sp³-hybridized carbons (Fsp3) is 0. The van der Waals surface area contributed by atoms with E-state index in [9.17, 15) is 0 Å². The smallest absolute Gasteiger partial charge is 0 e. The van der Waals surface area contributed by atoms with Gasteiger partial charge in [-0.3, -0.25) is 6.79 Å². The summed E-state index contributed by atoms with van der Waals surface area (Å²) in [5.41, 5.74) is 0. The zero-order valence-corrected chi connectivity index (χ0v) is 7.79. The maximum atomic E-state index is 7.75. The molecule has 1 radical (unpaired) electrons. The maximum Gasteiger partial charge on any atom is 0 e. The van der Waals surface area contributed by atoms with Crippen molar-refractivity contribution in [3.63, 3.8) is 0 Å². The summed E-state index contributed by atoms with van der Waals surface area (Å²) in [7, 11) is 0. The van der Waals surface area contributed by atoms with Gasteiger partial charge in [0.25, 0.3) is 0 Å². The summed E-state index contributed by atoms with van der Waals surface area (Å²) in [5, 5.41) is 0. The largest absolute Gasteiger partial charge is 0.545 e. The van der Waals surface area contributed by atoms with Crippen LogP contribution in [0.5, 0.6) is 0 Å². The van der Waals surface area contributed by atoms with Crippen LogP contribution in [0.3, 0.4) is 0 Å². The molecule has 0 N–H and O–H groups in total. The molecule has 0 aromatic heterocycles. The summed E-state index contributed by atoms with van der Waals surface area (Å²) in [6.07, 6.45) is 0. The molecule has 0 fully saturated rings. The number of hydrogen-bond donors (Lipinski definition) is 0. The van der Waals surface area contributed by atoms with E-state index in [1.54, 1.807) is 0 Å². The quantitative estimate of drug-likeness (QED) is 0.449. The SMILES string of the molecule is [CH-]=O.[Y].[c-]1ccccc1. The molecule has 0 saturated heterocycles. The van der Waals surface area contributed by atoms with E-state index in [1.807, 2.05) is 30.3 Å². The molecule has 0 aliphatic heterocycles. The van der Waals surface area contributed by atoms with Gasteiger partial charge in [0.15, 0.2) is 0 Å². The molecule has 0 aliphatic rings. The van der Waals surface area contributed by atoms with Gasteiger partial charge in [-0.05, 0) is 0 Å². The molecule has 1 nitrogen and oxygen atoms in total. The predicted octanol–water partition coefficient (Wildman–Crippen LogP) is 1.21. The van der Waals surface area contributed by atoms with Crippen LogP contribution in [0, 0.1) is 6.07 Å². The minimum absolute atomic E-state index is 0. The van der Waals surface area contributed by atoms with Crippen LogP contribution in [0.25, 0.3) is 0 Å². The Labute approximate surface area is 80.3 Å². The molecule has 0 saturated carbocycles. The number of rotatable bonds is 0. The Morgan fingerprint density at radius 3 is 1.56 bits per heavy atom. The molecule has 0 heterocycles. The van der Waals surface area contributed by atoms with Crippen LogP contribution in [-0.2, 0) is 37.5 Å². The van der Waals surface area contributed by atoms with Crippen LogP contribution in [0.2, 0.25) is 0 Å². The molecule has 0 amide bonds. The Morgan fingerprint density at radius 1 is 1.00 bits per heavy atom. The summed E-state index contributed by atoms with van der Waals surface area (Å²) in [5.74, 6) is 0. The van der Waals surface area contributed by atoms with Gasteiger partial charge in [-0.25, -0.2) is 0 Å². The number of benzene rings is 1. The first-order chi connectivity index (χ1) is 4.00. The van der Waals surface area contributed by atoms with Crippen molar-refractivity contribution in [2.45, 2.75) is 0 Å². The molecule has 1 aromatic carbocycles. The van der Waals surface area contributed by atoms with Gasteiger partial charge >= 0.3 is 0 Å². The van der Waals surface area contributed by atoms with E-state index < -0.39 is 0 Å². The van der Waals surface area contributed by atoms with E-state index in [0.29, 0.717) is 0 Å². The minimum atomic E-state index is 0. The van der Waals surface area contributed by atoms with Crippen molar-refractivity contribution in [1.82, 2.24) is 0 Å². The summed E-state index contributed by atoms with van der Waals surface area (Å²) >= 11 is 0. The van der Waals surface area contributed by atoms with Crippen LogP contribution < -0.4 is 0 Å². The molecule has 45 valence electrons. The molecule has 0 bridgehead atoms. The fourth-order valence-electron chi connectivity index (χ4n) is 0.342. The first-order valence-electron chi connectivity index (χ1n) is 2.15. The van der Waals surface area contributed by atoms with Gasteiger partial charge in [-0.1, -0.05) is 0 Å². The van der Waals surface area contributed by atoms with Gasteiger partial charge in [0, 0.05) is 32.7 Å². The van der Waals surface area contributed by atoms with Crippen molar-refractivity contribution in [3.8, 4) is 0 Å². The zero-order chi connectivity index (χ0) is 6.24. The van der Waals surface area contributed by atoms with E-state index >= 15 is 0 Å². The fourth-order valence-corrected chi connectivity index (χ4v) is 0.342. The van der Waals surface area contributed by atoms with Crippen LogP contribution in [0.1, 0.15) is 0 Å². The molecule has 0 spiro atoms. The Balaban J connectivity index is 0. The third-order valence-corrected chi connectivity index (χ3v) is 0.607. The second kappa shape index (κ2) is 10.9. The predicted molar refractivity (Wildman–Crippen MR) is 32.0 cm³/mol. The second-order valence-corrected chi connectivity index (χ2v) is 1.08. The molecule has 0 aliphatic carbocycles. The van der Waals surface area contributed by atoms with Gasteiger partial charge in [0.2, 0.25) is 0 Å². The topological polar surface area (TPSA) is 17.1 Å². The van der Waals surface area contributed by atoms with Gasteiger partial charge in [0.1, 0.15) is 0 Å². The summed E-state index contributed by atoms with van der Waals surface area (Å²) in [6.45, 7) is 3.25. The van der Waals surface area contributed by atoms with E-state index in [-0.39, 0.29) is 32.7 Å². The van der Waals surface area contributed by atoms with Crippen LogP contribution >= 0.6 is 0 Å². The average molecular weight is 195 g/mol. The van der Waals surface area contributed by atoms with E-state index in [1.165, 1.54) is 0 Å². The molecule has 2 heteroatoms. The van der Waals surface area contributed by atoms with E-state index in [0.717, 1.165) is 0 Å². The molecule has 9 heavy (non-hydrogen) atoms. The Bertz CT molecular complexity index is 91.8. The van der Waals surface area contributed by atoms with Crippen LogP contribution in [-0.4, -0.2) is 6.79 Å². The average Bonchev–Trinajstić information content (AvgIpc) is 1.96. The third-order valence-electron chi connectivity index (χ3n) is 0.607. The standard InChI is InChI=1S/C6H5.CHO.Y/c1-2-4-6-5-3-1;1-2;/h1-5H;1H;/q2*-1;. The second-order valence-electron chi connectivity index (χ2n) is 1.08. The van der Waals surface area contributed by atoms with Crippen molar-refractivity contribution in [2.75, 3.05) is 0 Å².